The second-order valence-electron chi connectivity index (χ2n) is 2.44. The van der Waals surface area contributed by atoms with Crippen molar-refractivity contribution in [2.75, 3.05) is 19.8 Å². The van der Waals surface area contributed by atoms with Crippen LogP contribution in [-0.2, 0) is 14.3 Å². The Hall–Kier alpha value is -1.07. The molecule has 1 aliphatic rings. The molecule has 0 aromatic carbocycles. The van der Waals surface area contributed by atoms with E-state index in [2.05, 4.69) is 11.3 Å². The summed E-state index contributed by atoms with van der Waals surface area (Å²) in [5, 5.41) is 1.54. The van der Waals surface area contributed by atoms with E-state index in [0.29, 0.717) is 19.8 Å². The average Bonchev–Trinajstić information content (AvgIpc) is 2.80. The van der Waals surface area contributed by atoms with Crippen LogP contribution in [0.1, 0.15) is 6.92 Å². The lowest BCUT2D eigenvalue weighted by Crippen LogP contribution is -2.13. The van der Waals surface area contributed by atoms with Gasteiger partial charge in [-0.2, -0.15) is 0 Å². The van der Waals surface area contributed by atoms with Crippen molar-refractivity contribution < 1.29 is 19.1 Å². The summed E-state index contributed by atoms with van der Waals surface area (Å²) in [6, 6.07) is 0. The zero-order valence-electron chi connectivity index (χ0n) is 7.56. The molecule has 0 aliphatic carbocycles. The fourth-order valence-corrected chi connectivity index (χ4v) is 0.750. The summed E-state index contributed by atoms with van der Waals surface area (Å²) in [7, 11) is 0. The van der Waals surface area contributed by atoms with Crippen molar-refractivity contribution in [2.45, 2.75) is 13.2 Å². The number of hydroxylamine groups is 2. The van der Waals surface area contributed by atoms with Crippen LogP contribution in [-0.4, -0.2) is 37.2 Å². The SMILES string of the molecule is C=CCON1CC1OC(=O)OCC. The highest BCUT2D eigenvalue weighted by atomic mass is 16.8. The van der Waals surface area contributed by atoms with Crippen molar-refractivity contribution in [1.29, 1.82) is 0 Å². The molecule has 1 saturated heterocycles. The number of rotatable bonds is 5. The predicted octanol–water partition coefficient (Wildman–Crippen LogP) is 0.919. The maximum absolute atomic E-state index is 10.8. The van der Waals surface area contributed by atoms with Gasteiger partial charge in [-0.1, -0.05) is 6.08 Å². The largest absolute Gasteiger partial charge is 0.509 e. The molecule has 2 atom stereocenters. The van der Waals surface area contributed by atoms with Crippen molar-refractivity contribution in [2.24, 2.45) is 0 Å². The third-order valence-corrected chi connectivity index (χ3v) is 1.38. The topological polar surface area (TPSA) is 47.8 Å². The Morgan fingerprint density at radius 2 is 2.54 bits per heavy atom. The Kier molecular flexibility index (Phi) is 3.72. The summed E-state index contributed by atoms with van der Waals surface area (Å²) in [6.45, 7) is 6.54. The molecule has 0 aromatic rings. The van der Waals surface area contributed by atoms with Gasteiger partial charge in [-0.15, -0.1) is 11.6 Å². The Bertz CT molecular complexity index is 195. The lowest BCUT2D eigenvalue weighted by atomic mass is 10.7. The minimum atomic E-state index is -0.655. The van der Waals surface area contributed by atoms with Gasteiger partial charge in [-0.3, -0.25) is 4.84 Å². The predicted molar refractivity (Wildman–Crippen MR) is 44.8 cm³/mol. The molecular weight excluding hydrogens is 174 g/mol. The molecule has 0 bridgehead atoms. The summed E-state index contributed by atoms with van der Waals surface area (Å²) >= 11 is 0. The first kappa shape index (κ1) is 10.0. The van der Waals surface area contributed by atoms with E-state index in [0.717, 1.165) is 0 Å². The first-order valence-electron chi connectivity index (χ1n) is 4.11. The van der Waals surface area contributed by atoms with E-state index in [4.69, 9.17) is 9.57 Å². The molecule has 5 nitrogen and oxygen atoms in total. The number of hydrogen-bond donors (Lipinski definition) is 0. The summed E-state index contributed by atoms with van der Waals surface area (Å²) < 4.78 is 9.40. The van der Waals surface area contributed by atoms with Gasteiger partial charge in [0.15, 0.2) is 6.23 Å². The van der Waals surface area contributed by atoms with Crippen molar-refractivity contribution >= 4 is 6.16 Å². The molecule has 0 aromatic heterocycles. The quantitative estimate of drug-likeness (QED) is 0.364. The lowest BCUT2D eigenvalue weighted by Gasteiger charge is -2.03. The van der Waals surface area contributed by atoms with E-state index in [1.54, 1.807) is 18.1 Å². The second kappa shape index (κ2) is 4.84. The number of carbonyl (C=O) groups is 1. The van der Waals surface area contributed by atoms with Gasteiger partial charge < -0.3 is 9.47 Å². The highest BCUT2D eigenvalue weighted by Crippen LogP contribution is 2.19. The Morgan fingerprint density at radius 3 is 3.15 bits per heavy atom. The molecule has 5 heteroatoms. The second-order valence-corrected chi connectivity index (χ2v) is 2.44. The number of ether oxygens (including phenoxy) is 2. The van der Waals surface area contributed by atoms with Gasteiger partial charge in [0.2, 0.25) is 0 Å². The molecule has 0 radical (unpaired) electrons. The molecule has 0 saturated carbocycles. The van der Waals surface area contributed by atoms with Gasteiger partial charge in [0.1, 0.15) is 0 Å². The van der Waals surface area contributed by atoms with Gasteiger partial charge >= 0.3 is 6.16 Å². The molecule has 1 heterocycles. The molecule has 13 heavy (non-hydrogen) atoms. The smallest absolute Gasteiger partial charge is 0.435 e. The molecular formula is C8H13NO4. The zero-order valence-corrected chi connectivity index (χ0v) is 7.56. The summed E-state index contributed by atoms with van der Waals surface area (Å²) in [5.41, 5.74) is 0. The van der Waals surface area contributed by atoms with Crippen molar-refractivity contribution in [3.05, 3.63) is 12.7 Å². The van der Waals surface area contributed by atoms with Crippen LogP contribution in [0.3, 0.4) is 0 Å². The fourth-order valence-electron chi connectivity index (χ4n) is 0.750. The van der Waals surface area contributed by atoms with Crippen LogP contribution in [0.25, 0.3) is 0 Å². The highest BCUT2D eigenvalue weighted by Gasteiger charge is 2.39. The molecule has 1 aliphatic heterocycles. The maximum atomic E-state index is 10.8. The molecule has 74 valence electrons. The molecule has 1 fully saturated rings. The minimum absolute atomic E-state index is 0.293. The lowest BCUT2D eigenvalue weighted by molar-refractivity contribution is -0.0994. The zero-order chi connectivity index (χ0) is 9.68. The Balaban J connectivity index is 2.06. The molecule has 0 N–H and O–H groups in total. The minimum Gasteiger partial charge on any atom is -0.435 e. The number of carbonyl (C=O) groups excluding carboxylic acids is 1. The molecule has 1 rings (SSSR count). The van der Waals surface area contributed by atoms with E-state index >= 15 is 0 Å². The van der Waals surface area contributed by atoms with Crippen LogP contribution in [0.4, 0.5) is 4.79 Å². The third kappa shape index (κ3) is 3.43. The summed E-state index contributed by atoms with van der Waals surface area (Å²) in [4.78, 5) is 15.8. The molecule has 0 amide bonds. The van der Waals surface area contributed by atoms with Crippen LogP contribution < -0.4 is 0 Å². The third-order valence-electron chi connectivity index (χ3n) is 1.38. The van der Waals surface area contributed by atoms with E-state index in [-0.39, 0.29) is 6.23 Å². The summed E-state index contributed by atoms with van der Waals surface area (Å²) in [5.74, 6) is 0. The Labute approximate surface area is 76.8 Å². The number of nitrogens with zero attached hydrogens (tertiary/aromatic N) is 1. The normalized spacial score (nSPS) is 25.0. The van der Waals surface area contributed by atoms with Crippen LogP contribution >= 0.6 is 0 Å². The highest BCUT2D eigenvalue weighted by molar-refractivity contribution is 5.60. The van der Waals surface area contributed by atoms with Crippen molar-refractivity contribution in [3.8, 4) is 0 Å². The summed E-state index contributed by atoms with van der Waals surface area (Å²) in [6.07, 6.45) is 0.677. The average molecular weight is 187 g/mol. The van der Waals surface area contributed by atoms with Crippen LogP contribution in [0.15, 0.2) is 12.7 Å². The first-order valence-corrected chi connectivity index (χ1v) is 4.11. The van der Waals surface area contributed by atoms with Crippen LogP contribution in [0.5, 0.6) is 0 Å². The van der Waals surface area contributed by atoms with Gasteiger partial charge in [-0.05, 0) is 6.92 Å². The monoisotopic (exact) mass is 187 g/mol. The standard InChI is InChI=1S/C8H13NO4/c1-3-5-12-9-6-7(9)13-8(10)11-4-2/h3,7H,1,4-6H2,2H3. The van der Waals surface area contributed by atoms with Crippen LogP contribution in [0, 0.1) is 0 Å². The van der Waals surface area contributed by atoms with Gasteiger partial charge in [0, 0.05) is 0 Å². The van der Waals surface area contributed by atoms with Crippen molar-refractivity contribution in [1.82, 2.24) is 5.06 Å². The first-order chi connectivity index (χ1) is 6.27. The van der Waals surface area contributed by atoms with E-state index in [9.17, 15) is 4.79 Å². The Morgan fingerprint density at radius 1 is 1.77 bits per heavy atom. The maximum Gasteiger partial charge on any atom is 0.509 e. The van der Waals surface area contributed by atoms with E-state index in [1.165, 1.54) is 0 Å². The molecule has 0 spiro atoms. The van der Waals surface area contributed by atoms with E-state index in [1.807, 2.05) is 0 Å². The van der Waals surface area contributed by atoms with Gasteiger partial charge in [0.25, 0.3) is 0 Å². The van der Waals surface area contributed by atoms with E-state index < -0.39 is 6.16 Å². The van der Waals surface area contributed by atoms with Gasteiger partial charge in [0.05, 0.1) is 19.8 Å². The van der Waals surface area contributed by atoms with Crippen LogP contribution in [0.2, 0.25) is 0 Å². The number of hydrogen-bond acceptors (Lipinski definition) is 5. The molecule has 2 unspecified atom stereocenters. The fraction of sp³-hybridized carbons (Fsp3) is 0.625. The van der Waals surface area contributed by atoms with Crippen molar-refractivity contribution in [3.63, 3.8) is 0 Å². The van der Waals surface area contributed by atoms with Gasteiger partial charge in [-0.25, -0.2) is 4.79 Å².